The van der Waals surface area contributed by atoms with Crippen LogP contribution >= 0.6 is 0 Å². The van der Waals surface area contributed by atoms with Crippen LogP contribution in [-0.4, -0.2) is 41.2 Å². The van der Waals surface area contributed by atoms with Gasteiger partial charge in [0.25, 0.3) is 0 Å². The Labute approximate surface area is 133 Å². The molecule has 1 aromatic carbocycles. The highest BCUT2D eigenvalue weighted by Gasteiger charge is 2.26. The summed E-state index contributed by atoms with van der Waals surface area (Å²) in [6.07, 6.45) is 5.60. The second kappa shape index (κ2) is 7.97. The van der Waals surface area contributed by atoms with Gasteiger partial charge in [0.2, 0.25) is 11.8 Å². The van der Waals surface area contributed by atoms with E-state index in [-0.39, 0.29) is 24.4 Å². The molecule has 22 heavy (non-hydrogen) atoms. The van der Waals surface area contributed by atoms with Crippen molar-refractivity contribution in [2.45, 2.75) is 51.6 Å². The zero-order valence-electron chi connectivity index (χ0n) is 13.6. The molecule has 1 aromatic rings. The summed E-state index contributed by atoms with van der Waals surface area (Å²) in [5.74, 6) is 0.0120. The minimum Gasteiger partial charge on any atom is -0.340 e. The van der Waals surface area contributed by atoms with Crippen molar-refractivity contribution in [1.82, 2.24) is 9.80 Å². The number of benzene rings is 1. The summed E-state index contributed by atoms with van der Waals surface area (Å²) < 4.78 is 0. The van der Waals surface area contributed by atoms with Crippen molar-refractivity contribution in [2.75, 3.05) is 13.6 Å². The van der Waals surface area contributed by atoms with Crippen LogP contribution in [0, 0.1) is 0 Å². The highest BCUT2D eigenvalue weighted by atomic mass is 16.2. The lowest BCUT2D eigenvalue weighted by atomic mass is 9.94. The highest BCUT2D eigenvalue weighted by molar-refractivity contribution is 5.83. The van der Waals surface area contributed by atoms with Crippen LogP contribution < -0.4 is 0 Å². The average molecular weight is 302 g/mol. The summed E-state index contributed by atoms with van der Waals surface area (Å²) in [4.78, 5) is 27.8. The molecule has 1 aliphatic carbocycles. The Balaban J connectivity index is 1.93. The van der Waals surface area contributed by atoms with Gasteiger partial charge in [-0.3, -0.25) is 9.59 Å². The van der Waals surface area contributed by atoms with Gasteiger partial charge in [-0.1, -0.05) is 49.6 Å². The van der Waals surface area contributed by atoms with Crippen molar-refractivity contribution in [3.63, 3.8) is 0 Å². The van der Waals surface area contributed by atoms with Gasteiger partial charge in [0.05, 0.1) is 6.54 Å². The first-order chi connectivity index (χ1) is 10.6. The summed E-state index contributed by atoms with van der Waals surface area (Å²) in [6.45, 7) is 2.35. The minimum atomic E-state index is 0.00428. The van der Waals surface area contributed by atoms with E-state index >= 15 is 0 Å². The Kier molecular flexibility index (Phi) is 5.99. The van der Waals surface area contributed by atoms with Gasteiger partial charge < -0.3 is 9.80 Å². The molecule has 0 aliphatic heterocycles. The van der Waals surface area contributed by atoms with Crippen LogP contribution in [0.25, 0.3) is 0 Å². The lowest BCUT2D eigenvalue weighted by molar-refractivity contribution is -0.141. The quantitative estimate of drug-likeness (QED) is 0.839. The molecule has 0 atom stereocenters. The third-order valence-electron chi connectivity index (χ3n) is 4.41. The fourth-order valence-corrected chi connectivity index (χ4v) is 3.10. The molecule has 0 saturated heterocycles. The number of hydrogen-bond acceptors (Lipinski definition) is 2. The second-order valence-corrected chi connectivity index (χ2v) is 6.17. The van der Waals surface area contributed by atoms with Crippen LogP contribution in [0.4, 0.5) is 0 Å². The monoisotopic (exact) mass is 302 g/mol. The Morgan fingerprint density at radius 1 is 1.09 bits per heavy atom. The SMILES string of the molecule is CC(=O)N(CC(=O)N(C)Cc1ccccc1)C1CCCCC1. The van der Waals surface area contributed by atoms with Crippen LogP contribution in [0.3, 0.4) is 0 Å². The standard InChI is InChI=1S/C18H26N2O2/c1-15(21)20(17-11-7-4-8-12-17)14-18(22)19(2)13-16-9-5-3-6-10-16/h3,5-6,9-10,17H,4,7-8,11-14H2,1-2H3. The van der Waals surface area contributed by atoms with Crippen molar-refractivity contribution in [1.29, 1.82) is 0 Å². The topological polar surface area (TPSA) is 40.6 Å². The maximum atomic E-state index is 12.4. The summed E-state index contributed by atoms with van der Waals surface area (Å²) in [5, 5.41) is 0. The number of likely N-dealkylation sites (N-methyl/N-ethyl adjacent to an activating group) is 1. The Bertz CT molecular complexity index is 495. The van der Waals surface area contributed by atoms with Crippen molar-refractivity contribution in [2.24, 2.45) is 0 Å². The van der Waals surface area contributed by atoms with Gasteiger partial charge in [0, 0.05) is 26.6 Å². The van der Waals surface area contributed by atoms with Crippen molar-refractivity contribution in [3.8, 4) is 0 Å². The molecule has 0 spiro atoms. The molecule has 2 rings (SSSR count). The van der Waals surface area contributed by atoms with E-state index < -0.39 is 0 Å². The molecule has 1 saturated carbocycles. The number of carbonyl (C=O) groups excluding carboxylic acids is 2. The van der Waals surface area contributed by atoms with Crippen LogP contribution in [0.1, 0.15) is 44.6 Å². The van der Waals surface area contributed by atoms with E-state index in [0.717, 1.165) is 31.2 Å². The Morgan fingerprint density at radius 3 is 2.32 bits per heavy atom. The summed E-state index contributed by atoms with van der Waals surface area (Å²) in [6, 6.07) is 10.2. The molecule has 0 radical (unpaired) electrons. The van der Waals surface area contributed by atoms with Gasteiger partial charge in [-0.2, -0.15) is 0 Å². The van der Waals surface area contributed by atoms with Crippen molar-refractivity contribution >= 4 is 11.8 Å². The van der Waals surface area contributed by atoms with E-state index in [0.29, 0.717) is 6.54 Å². The molecule has 4 nitrogen and oxygen atoms in total. The number of hydrogen-bond donors (Lipinski definition) is 0. The predicted octanol–water partition coefficient (Wildman–Crippen LogP) is 2.83. The van der Waals surface area contributed by atoms with E-state index in [1.807, 2.05) is 30.3 Å². The number of rotatable bonds is 5. The molecule has 120 valence electrons. The average Bonchev–Trinajstić information content (AvgIpc) is 2.53. The van der Waals surface area contributed by atoms with Crippen LogP contribution in [-0.2, 0) is 16.1 Å². The first-order valence-electron chi connectivity index (χ1n) is 8.13. The Hall–Kier alpha value is -1.84. The third kappa shape index (κ3) is 4.58. The molecule has 0 N–H and O–H groups in total. The second-order valence-electron chi connectivity index (χ2n) is 6.17. The lowest BCUT2D eigenvalue weighted by Gasteiger charge is -2.34. The molecule has 1 fully saturated rings. The van der Waals surface area contributed by atoms with Gasteiger partial charge >= 0.3 is 0 Å². The fraction of sp³-hybridized carbons (Fsp3) is 0.556. The van der Waals surface area contributed by atoms with Crippen molar-refractivity contribution < 1.29 is 9.59 Å². The number of amides is 2. The number of nitrogens with zero attached hydrogens (tertiary/aromatic N) is 2. The summed E-state index contributed by atoms with van der Waals surface area (Å²) in [7, 11) is 1.80. The Morgan fingerprint density at radius 2 is 1.73 bits per heavy atom. The predicted molar refractivity (Wildman–Crippen MR) is 87.2 cm³/mol. The van der Waals surface area contributed by atoms with E-state index in [9.17, 15) is 9.59 Å². The van der Waals surface area contributed by atoms with Crippen LogP contribution in [0.2, 0.25) is 0 Å². The molecule has 0 heterocycles. The molecule has 0 bridgehead atoms. The van der Waals surface area contributed by atoms with Gasteiger partial charge in [0.1, 0.15) is 0 Å². The zero-order valence-corrected chi connectivity index (χ0v) is 13.6. The number of carbonyl (C=O) groups is 2. The lowest BCUT2D eigenvalue weighted by Crippen LogP contribution is -2.46. The molecule has 2 amide bonds. The normalized spacial score (nSPS) is 15.4. The zero-order chi connectivity index (χ0) is 15.9. The smallest absolute Gasteiger partial charge is 0.242 e. The van der Waals surface area contributed by atoms with E-state index in [1.165, 1.54) is 6.42 Å². The van der Waals surface area contributed by atoms with E-state index in [4.69, 9.17) is 0 Å². The maximum Gasteiger partial charge on any atom is 0.242 e. The molecule has 1 aliphatic rings. The molecular weight excluding hydrogens is 276 g/mol. The minimum absolute atomic E-state index is 0.00428. The van der Waals surface area contributed by atoms with Gasteiger partial charge in [-0.05, 0) is 18.4 Å². The molecule has 4 heteroatoms. The molecular formula is C18H26N2O2. The summed E-state index contributed by atoms with van der Waals surface area (Å²) >= 11 is 0. The summed E-state index contributed by atoms with van der Waals surface area (Å²) in [5.41, 5.74) is 1.10. The largest absolute Gasteiger partial charge is 0.340 e. The van der Waals surface area contributed by atoms with Crippen LogP contribution in [0.15, 0.2) is 30.3 Å². The van der Waals surface area contributed by atoms with Gasteiger partial charge in [0.15, 0.2) is 0 Å². The first kappa shape index (κ1) is 16.5. The first-order valence-corrected chi connectivity index (χ1v) is 8.13. The van der Waals surface area contributed by atoms with Gasteiger partial charge in [-0.15, -0.1) is 0 Å². The highest BCUT2D eigenvalue weighted by Crippen LogP contribution is 2.22. The molecule has 0 aromatic heterocycles. The van der Waals surface area contributed by atoms with Crippen LogP contribution in [0.5, 0.6) is 0 Å². The fourth-order valence-electron chi connectivity index (χ4n) is 3.10. The maximum absolute atomic E-state index is 12.4. The van der Waals surface area contributed by atoms with Gasteiger partial charge in [-0.25, -0.2) is 0 Å². The van der Waals surface area contributed by atoms with Crippen molar-refractivity contribution in [3.05, 3.63) is 35.9 Å². The van der Waals surface area contributed by atoms with E-state index in [2.05, 4.69) is 0 Å². The third-order valence-corrected chi connectivity index (χ3v) is 4.41. The molecule has 0 unspecified atom stereocenters. The van der Waals surface area contributed by atoms with E-state index in [1.54, 1.807) is 23.8 Å².